The Hall–Kier alpha value is -3.97. The van der Waals surface area contributed by atoms with Crippen LogP contribution >= 0.6 is 11.3 Å². The average molecular weight is 470 g/mol. The van der Waals surface area contributed by atoms with E-state index in [4.69, 9.17) is 4.74 Å². The maximum Gasteiger partial charge on any atom is 0.411 e. The van der Waals surface area contributed by atoms with E-state index in [2.05, 4.69) is 10.3 Å². The smallest absolute Gasteiger partial charge is 0.411 e. The van der Waals surface area contributed by atoms with E-state index >= 15 is 0 Å². The monoisotopic (exact) mass is 469 g/mol. The Morgan fingerprint density at radius 2 is 1.62 bits per heavy atom. The van der Waals surface area contributed by atoms with Crippen molar-refractivity contribution in [3.05, 3.63) is 107 Å². The number of carbonyl (C=O) groups excluding carboxylic acids is 2. The van der Waals surface area contributed by atoms with Gasteiger partial charge in [-0.15, -0.1) is 11.3 Å². The lowest BCUT2D eigenvalue weighted by molar-refractivity contribution is -0.121. The first kappa shape index (κ1) is 21.9. The van der Waals surface area contributed by atoms with Gasteiger partial charge in [-0.2, -0.15) is 0 Å². The molecule has 4 aromatic rings. The summed E-state index contributed by atoms with van der Waals surface area (Å²) in [6, 6.07) is 26.5. The van der Waals surface area contributed by atoms with Gasteiger partial charge in [-0.1, -0.05) is 84.9 Å². The van der Waals surface area contributed by atoms with Crippen LogP contribution in [-0.2, 0) is 29.1 Å². The molecule has 34 heavy (non-hydrogen) atoms. The minimum absolute atomic E-state index is 0.152. The molecule has 3 aromatic carbocycles. The number of thiazole rings is 1. The maximum absolute atomic E-state index is 13.3. The third kappa shape index (κ3) is 4.84. The fraction of sp³-hybridized carbons (Fsp3) is 0.148. The number of carbonyl (C=O) groups is 2. The Labute approximate surface area is 201 Å². The van der Waals surface area contributed by atoms with Gasteiger partial charge in [0.25, 0.3) is 0 Å². The van der Waals surface area contributed by atoms with Crippen molar-refractivity contribution >= 4 is 28.5 Å². The van der Waals surface area contributed by atoms with Gasteiger partial charge >= 0.3 is 6.09 Å². The van der Waals surface area contributed by atoms with Crippen molar-refractivity contribution in [1.82, 2.24) is 9.88 Å². The van der Waals surface area contributed by atoms with Crippen molar-refractivity contribution in [3.63, 3.8) is 0 Å². The molecular formula is C27H23N3O3S. The van der Waals surface area contributed by atoms with E-state index in [-0.39, 0.29) is 12.5 Å². The maximum atomic E-state index is 13.3. The zero-order valence-corrected chi connectivity index (χ0v) is 19.2. The van der Waals surface area contributed by atoms with Gasteiger partial charge in [-0.3, -0.25) is 9.69 Å². The molecule has 1 atom stereocenters. The second-order valence-corrected chi connectivity index (χ2v) is 8.91. The third-order valence-electron chi connectivity index (χ3n) is 5.79. The zero-order chi connectivity index (χ0) is 23.3. The molecule has 0 bridgehead atoms. The summed E-state index contributed by atoms with van der Waals surface area (Å²) in [6.45, 7) is 0.466. The van der Waals surface area contributed by atoms with Gasteiger partial charge in [0.05, 0.1) is 12.2 Å². The minimum Gasteiger partial charge on any atom is -0.445 e. The number of ether oxygens (including phenoxy) is 1. The number of benzene rings is 3. The van der Waals surface area contributed by atoms with E-state index in [0.717, 1.165) is 27.9 Å². The second kappa shape index (κ2) is 9.89. The normalized spacial score (nSPS) is 14.8. The van der Waals surface area contributed by atoms with Crippen LogP contribution in [0.4, 0.5) is 9.93 Å². The molecule has 0 spiro atoms. The Morgan fingerprint density at radius 1 is 0.941 bits per heavy atom. The predicted molar refractivity (Wildman–Crippen MR) is 132 cm³/mol. The van der Waals surface area contributed by atoms with Crippen molar-refractivity contribution in [3.8, 4) is 11.3 Å². The van der Waals surface area contributed by atoms with Gasteiger partial charge in [-0.05, 0) is 16.7 Å². The van der Waals surface area contributed by atoms with Gasteiger partial charge in [0.2, 0.25) is 5.91 Å². The number of hydrogen-bond donors (Lipinski definition) is 1. The van der Waals surface area contributed by atoms with Crippen LogP contribution in [0.15, 0.2) is 90.3 Å². The van der Waals surface area contributed by atoms with Crippen molar-refractivity contribution in [2.45, 2.75) is 25.6 Å². The highest BCUT2D eigenvalue weighted by Gasteiger charge is 2.36. The molecule has 6 nitrogen and oxygen atoms in total. The molecule has 5 rings (SSSR count). The quantitative estimate of drug-likeness (QED) is 0.418. The average Bonchev–Trinajstić information content (AvgIpc) is 3.36. The number of anilines is 1. The predicted octanol–water partition coefficient (Wildman–Crippen LogP) is 5.51. The highest BCUT2D eigenvalue weighted by Crippen LogP contribution is 2.28. The number of rotatable bonds is 5. The zero-order valence-electron chi connectivity index (χ0n) is 18.4. The van der Waals surface area contributed by atoms with E-state index < -0.39 is 12.1 Å². The van der Waals surface area contributed by atoms with Gasteiger partial charge in [-0.25, -0.2) is 9.78 Å². The van der Waals surface area contributed by atoms with Gasteiger partial charge < -0.3 is 10.1 Å². The molecule has 0 saturated carbocycles. The van der Waals surface area contributed by atoms with Crippen molar-refractivity contribution in [2.24, 2.45) is 0 Å². The molecule has 0 fully saturated rings. The van der Waals surface area contributed by atoms with Crippen LogP contribution < -0.4 is 5.32 Å². The van der Waals surface area contributed by atoms with Crippen LogP contribution in [-0.4, -0.2) is 27.9 Å². The Balaban J connectivity index is 1.33. The standard InChI is InChI=1S/C27H23N3O3S/c31-25(29-26-28-23(18-34-26)20-11-5-2-6-12-20)24-15-21-13-7-8-14-22(21)16-30(24)27(32)33-17-19-9-3-1-4-10-19/h1-14,18,24H,15-17H2,(H,28,29,31)/t24-/m1/s1. The van der Waals surface area contributed by atoms with Crippen LogP contribution in [0.1, 0.15) is 16.7 Å². The molecule has 1 N–H and O–H groups in total. The molecule has 0 unspecified atom stereocenters. The Bertz CT molecular complexity index is 1290. The van der Waals surface area contributed by atoms with E-state index in [1.807, 2.05) is 90.3 Å². The van der Waals surface area contributed by atoms with Crippen molar-refractivity contribution in [1.29, 1.82) is 0 Å². The molecule has 0 aliphatic carbocycles. The summed E-state index contributed by atoms with van der Waals surface area (Å²) in [6.07, 6.45) is -0.0954. The molecule has 1 aliphatic rings. The summed E-state index contributed by atoms with van der Waals surface area (Å²) in [7, 11) is 0. The topological polar surface area (TPSA) is 71.5 Å². The van der Waals surface area contributed by atoms with Crippen LogP contribution in [0, 0.1) is 0 Å². The summed E-state index contributed by atoms with van der Waals surface area (Å²) in [4.78, 5) is 32.4. The largest absolute Gasteiger partial charge is 0.445 e. The molecule has 170 valence electrons. The lowest BCUT2D eigenvalue weighted by Crippen LogP contribution is -2.50. The minimum atomic E-state index is -0.692. The van der Waals surface area contributed by atoms with Gasteiger partial charge in [0.1, 0.15) is 12.6 Å². The van der Waals surface area contributed by atoms with E-state index in [1.54, 1.807) is 0 Å². The van der Waals surface area contributed by atoms with Crippen LogP contribution in [0.3, 0.4) is 0 Å². The fourth-order valence-electron chi connectivity index (χ4n) is 4.01. The van der Waals surface area contributed by atoms with E-state index in [0.29, 0.717) is 18.1 Å². The first-order valence-electron chi connectivity index (χ1n) is 11.0. The first-order valence-corrected chi connectivity index (χ1v) is 11.9. The summed E-state index contributed by atoms with van der Waals surface area (Å²) in [5.41, 5.74) is 4.75. The Morgan fingerprint density at radius 3 is 2.38 bits per heavy atom. The molecule has 2 heterocycles. The summed E-state index contributed by atoms with van der Waals surface area (Å²) in [5.74, 6) is -0.278. The Kier molecular flexibility index (Phi) is 6.35. The third-order valence-corrected chi connectivity index (χ3v) is 6.55. The van der Waals surface area contributed by atoms with Crippen LogP contribution in [0.2, 0.25) is 0 Å². The molecule has 2 amide bonds. The SMILES string of the molecule is O=C(Nc1nc(-c2ccccc2)cs1)[C@H]1Cc2ccccc2CN1C(=O)OCc1ccccc1. The highest BCUT2D eigenvalue weighted by atomic mass is 32.1. The van der Waals surface area contributed by atoms with E-state index in [9.17, 15) is 9.59 Å². The lowest BCUT2D eigenvalue weighted by atomic mass is 9.94. The van der Waals surface area contributed by atoms with Crippen LogP contribution in [0.25, 0.3) is 11.3 Å². The first-order chi connectivity index (χ1) is 16.7. The molecule has 0 radical (unpaired) electrons. The molecule has 1 aromatic heterocycles. The number of nitrogens with one attached hydrogen (secondary N) is 1. The lowest BCUT2D eigenvalue weighted by Gasteiger charge is -2.35. The molecule has 7 heteroatoms. The molecular weight excluding hydrogens is 446 g/mol. The number of hydrogen-bond acceptors (Lipinski definition) is 5. The fourth-order valence-corrected chi connectivity index (χ4v) is 4.74. The summed E-state index contributed by atoms with van der Waals surface area (Å²) in [5, 5.41) is 5.32. The second-order valence-electron chi connectivity index (χ2n) is 8.05. The van der Waals surface area contributed by atoms with Crippen molar-refractivity contribution < 1.29 is 14.3 Å². The molecule has 0 saturated heterocycles. The number of amides is 2. The van der Waals surface area contributed by atoms with Crippen molar-refractivity contribution in [2.75, 3.05) is 5.32 Å². The summed E-state index contributed by atoms with van der Waals surface area (Å²) >= 11 is 1.36. The summed E-state index contributed by atoms with van der Waals surface area (Å²) < 4.78 is 5.57. The van der Waals surface area contributed by atoms with Gasteiger partial charge in [0, 0.05) is 17.4 Å². The van der Waals surface area contributed by atoms with Crippen LogP contribution in [0.5, 0.6) is 0 Å². The molecule has 1 aliphatic heterocycles. The number of aromatic nitrogens is 1. The number of nitrogens with zero attached hydrogens (tertiary/aromatic N) is 2. The highest BCUT2D eigenvalue weighted by molar-refractivity contribution is 7.14. The number of fused-ring (bicyclic) bond motifs is 1. The van der Waals surface area contributed by atoms with E-state index in [1.165, 1.54) is 16.2 Å². The van der Waals surface area contributed by atoms with Gasteiger partial charge in [0.15, 0.2) is 5.13 Å².